The van der Waals surface area contributed by atoms with Crippen molar-refractivity contribution in [1.82, 2.24) is 5.32 Å². The van der Waals surface area contributed by atoms with Gasteiger partial charge in [0.25, 0.3) is 0 Å². The number of carbonyl (C=O) groups excluding carboxylic acids is 1. The molecule has 0 atom stereocenters. The van der Waals surface area contributed by atoms with E-state index < -0.39 is 0 Å². The first-order chi connectivity index (χ1) is 7.33. The van der Waals surface area contributed by atoms with Crippen LogP contribution in [0.2, 0.25) is 0 Å². The van der Waals surface area contributed by atoms with Crippen LogP contribution in [0.1, 0.15) is 57.8 Å². The van der Waals surface area contributed by atoms with Crippen molar-refractivity contribution < 1.29 is 9.90 Å². The van der Waals surface area contributed by atoms with Gasteiger partial charge >= 0.3 is 0 Å². The molecular weight excluding hydrogens is 190 g/mol. The Bertz CT molecular complexity index is 176. The highest BCUT2D eigenvalue weighted by atomic mass is 16.2. The third-order valence-electron chi connectivity index (χ3n) is 3.03. The molecule has 0 heterocycles. The lowest BCUT2D eigenvalue weighted by atomic mass is 9.95. The number of amides is 1. The highest BCUT2D eigenvalue weighted by Crippen LogP contribution is 2.17. The number of carbonyl (C=O) groups is 1. The topological polar surface area (TPSA) is 49.3 Å². The molecule has 1 aliphatic rings. The van der Waals surface area contributed by atoms with Gasteiger partial charge in [-0.3, -0.25) is 4.79 Å². The molecule has 3 heteroatoms. The fourth-order valence-electron chi connectivity index (χ4n) is 2.12. The summed E-state index contributed by atoms with van der Waals surface area (Å²) < 4.78 is 0. The van der Waals surface area contributed by atoms with Gasteiger partial charge in [0, 0.05) is 19.1 Å². The van der Waals surface area contributed by atoms with Crippen molar-refractivity contribution in [2.75, 3.05) is 6.61 Å². The number of hydrogen-bond acceptors (Lipinski definition) is 2. The average Bonchev–Trinajstić information content (AvgIpc) is 2.26. The summed E-state index contributed by atoms with van der Waals surface area (Å²) in [7, 11) is 0. The van der Waals surface area contributed by atoms with Crippen LogP contribution in [0.4, 0.5) is 0 Å². The maximum Gasteiger partial charge on any atom is 0.220 e. The van der Waals surface area contributed by atoms with Crippen molar-refractivity contribution in [3.63, 3.8) is 0 Å². The van der Waals surface area contributed by atoms with Crippen LogP contribution in [0.3, 0.4) is 0 Å². The van der Waals surface area contributed by atoms with Crippen molar-refractivity contribution in [3.8, 4) is 0 Å². The van der Waals surface area contributed by atoms with Crippen molar-refractivity contribution in [2.24, 2.45) is 0 Å². The molecule has 0 aliphatic heterocycles. The molecule has 15 heavy (non-hydrogen) atoms. The van der Waals surface area contributed by atoms with E-state index in [0.717, 1.165) is 32.1 Å². The summed E-state index contributed by atoms with van der Waals surface area (Å²) in [6, 6.07) is 0.434. The Morgan fingerprint density at radius 3 is 2.53 bits per heavy atom. The summed E-state index contributed by atoms with van der Waals surface area (Å²) in [5, 5.41) is 11.7. The Kier molecular flexibility index (Phi) is 6.41. The largest absolute Gasteiger partial charge is 0.396 e. The molecule has 1 fully saturated rings. The van der Waals surface area contributed by atoms with E-state index >= 15 is 0 Å². The molecule has 1 amide bonds. The Hall–Kier alpha value is -0.570. The molecule has 0 spiro atoms. The molecule has 0 unspecified atom stereocenters. The van der Waals surface area contributed by atoms with E-state index in [1.807, 2.05) is 0 Å². The summed E-state index contributed by atoms with van der Waals surface area (Å²) in [4.78, 5) is 11.5. The van der Waals surface area contributed by atoms with Crippen LogP contribution in [0.15, 0.2) is 0 Å². The zero-order valence-electron chi connectivity index (χ0n) is 9.50. The first kappa shape index (κ1) is 12.5. The molecule has 88 valence electrons. The minimum atomic E-state index is 0.194. The Morgan fingerprint density at radius 2 is 1.87 bits per heavy atom. The van der Waals surface area contributed by atoms with Crippen LogP contribution in [0, 0.1) is 0 Å². The summed E-state index contributed by atoms with van der Waals surface area (Å²) in [6.07, 6.45) is 9.44. The molecule has 0 aromatic heterocycles. The van der Waals surface area contributed by atoms with Gasteiger partial charge in [-0.1, -0.05) is 25.7 Å². The third-order valence-corrected chi connectivity index (χ3v) is 3.03. The second kappa shape index (κ2) is 7.69. The second-order valence-electron chi connectivity index (χ2n) is 4.44. The third kappa shape index (κ3) is 5.78. The number of aliphatic hydroxyl groups excluding tert-OH is 1. The standard InChI is InChI=1S/C12H23NO2/c14-10-6-2-5-9-12(15)13-11-7-3-1-4-8-11/h11,14H,1-10H2,(H,13,15). The number of nitrogens with one attached hydrogen (secondary N) is 1. The van der Waals surface area contributed by atoms with Crippen LogP contribution in [0.5, 0.6) is 0 Å². The summed E-state index contributed by atoms with van der Waals surface area (Å²) in [5.74, 6) is 0.194. The van der Waals surface area contributed by atoms with Crippen LogP contribution < -0.4 is 5.32 Å². The lowest BCUT2D eigenvalue weighted by molar-refractivity contribution is -0.122. The minimum Gasteiger partial charge on any atom is -0.396 e. The van der Waals surface area contributed by atoms with Gasteiger partial charge in [-0.2, -0.15) is 0 Å². The van der Waals surface area contributed by atoms with Gasteiger partial charge in [-0.15, -0.1) is 0 Å². The zero-order valence-corrected chi connectivity index (χ0v) is 9.50. The van der Waals surface area contributed by atoms with Crippen LogP contribution in [0.25, 0.3) is 0 Å². The number of unbranched alkanes of at least 4 members (excludes halogenated alkanes) is 2. The maximum atomic E-state index is 11.5. The van der Waals surface area contributed by atoms with Gasteiger partial charge in [0.15, 0.2) is 0 Å². The van der Waals surface area contributed by atoms with Gasteiger partial charge in [-0.25, -0.2) is 0 Å². The molecule has 1 rings (SSSR count). The zero-order chi connectivity index (χ0) is 10.9. The predicted octanol–water partition coefficient (Wildman–Crippen LogP) is 1.99. The highest BCUT2D eigenvalue weighted by molar-refractivity contribution is 5.76. The summed E-state index contributed by atoms with van der Waals surface area (Å²) in [6.45, 7) is 0.240. The molecule has 1 saturated carbocycles. The van der Waals surface area contributed by atoms with Crippen LogP contribution >= 0.6 is 0 Å². The summed E-state index contributed by atoms with van der Waals surface area (Å²) in [5.41, 5.74) is 0. The molecule has 1 aliphatic carbocycles. The smallest absolute Gasteiger partial charge is 0.220 e. The lowest BCUT2D eigenvalue weighted by Crippen LogP contribution is -2.35. The molecule has 2 N–H and O–H groups in total. The van der Waals surface area contributed by atoms with E-state index in [2.05, 4.69) is 5.32 Å². The van der Waals surface area contributed by atoms with Crippen molar-refractivity contribution in [3.05, 3.63) is 0 Å². The van der Waals surface area contributed by atoms with Crippen LogP contribution in [-0.2, 0) is 4.79 Å². The van der Waals surface area contributed by atoms with E-state index in [-0.39, 0.29) is 12.5 Å². The molecule has 0 radical (unpaired) electrons. The van der Waals surface area contributed by atoms with E-state index in [1.165, 1.54) is 19.3 Å². The Morgan fingerprint density at radius 1 is 1.13 bits per heavy atom. The fraction of sp³-hybridized carbons (Fsp3) is 0.917. The molecule has 3 nitrogen and oxygen atoms in total. The average molecular weight is 213 g/mol. The molecule has 0 aromatic carbocycles. The quantitative estimate of drug-likeness (QED) is 0.663. The maximum absolute atomic E-state index is 11.5. The first-order valence-corrected chi connectivity index (χ1v) is 6.23. The van der Waals surface area contributed by atoms with Crippen molar-refractivity contribution in [1.29, 1.82) is 0 Å². The monoisotopic (exact) mass is 213 g/mol. The van der Waals surface area contributed by atoms with Gasteiger partial charge in [-0.05, 0) is 25.7 Å². The predicted molar refractivity (Wildman–Crippen MR) is 60.6 cm³/mol. The Labute approximate surface area is 92.3 Å². The van der Waals surface area contributed by atoms with E-state index in [4.69, 9.17) is 5.11 Å². The number of aliphatic hydroxyl groups is 1. The number of rotatable bonds is 6. The van der Waals surface area contributed by atoms with Gasteiger partial charge in [0.2, 0.25) is 5.91 Å². The van der Waals surface area contributed by atoms with Gasteiger partial charge < -0.3 is 10.4 Å². The minimum absolute atomic E-state index is 0.194. The first-order valence-electron chi connectivity index (χ1n) is 6.23. The molecule has 0 aromatic rings. The lowest BCUT2D eigenvalue weighted by Gasteiger charge is -2.22. The summed E-state index contributed by atoms with van der Waals surface area (Å²) >= 11 is 0. The van der Waals surface area contributed by atoms with E-state index in [9.17, 15) is 4.79 Å². The van der Waals surface area contributed by atoms with Gasteiger partial charge in [0.05, 0.1) is 0 Å². The van der Waals surface area contributed by atoms with Gasteiger partial charge in [0.1, 0.15) is 0 Å². The fourth-order valence-corrected chi connectivity index (χ4v) is 2.12. The van der Waals surface area contributed by atoms with Crippen molar-refractivity contribution >= 4 is 5.91 Å². The molecule has 0 saturated heterocycles. The number of hydrogen-bond donors (Lipinski definition) is 2. The second-order valence-corrected chi connectivity index (χ2v) is 4.44. The van der Waals surface area contributed by atoms with Crippen molar-refractivity contribution in [2.45, 2.75) is 63.8 Å². The molecular formula is C12H23NO2. The normalized spacial score (nSPS) is 17.7. The Balaban J connectivity index is 2.01. The molecule has 0 bridgehead atoms. The van der Waals surface area contributed by atoms with E-state index in [0.29, 0.717) is 12.5 Å². The SMILES string of the molecule is O=C(CCCCCO)NC1CCCCC1. The highest BCUT2D eigenvalue weighted by Gasteiger charge is 2.14. The van der Waals surface area contributed by atoms with Crippen LogP contribution in [-0.4, -0.2) is 23.7 Å². The van der Waals surface area contributed by atoms with E-state index in [1.54, 1.807) is 0 Å².